The van der Waals surface area contributed by atoms with E-state index in [0.29, 0.717) is 12.6 Å². The molecule has 1 aliphatic heterocycles. The van der Waals surface area contributed by atoms with Gasteiger partial charge in [0.05, 0.1) is 11.3 Å². The molecule has 0 bridgehead atoms. The van der Waals surface area contributed by atoms with Gasteiger partial charge in [0.15, 0.2) is 0 Å². The first-order valence-corrected chi connectivity index (χ1v) is 6.84. The monoisotopic (exact) mass is 266 g/mol. The topological polar surface area (TPSA) is 49.7 Å². The summed E-state index contributed by atoms with van der Waals surface area (Å²) < 4.78 is 47.4. The Hall–Kier alpha value is -0.980. The number of hydrogen-bond acceptors (Lipinski definition) is 4. The van der Waals surface area contributed by atoms with Crippen LogP contribution >= 0.6 is 0 Å². The molecule has 0 fully saturated rings. The zero-order valence-corrected chi connectivity index (χ0v) is 10.9. The van der Waals surface area contributed by atoms with Gasteiger partial charge in [-0.2, -0.15) is 8.78 Å². The Morgan fingerprint density at radius 2 is 2.12 bits per heavy atom. The highest BCUT2D eigenvalue weighted by Gasteiger charge is 2.35. The molecule has 0 spiro atoms. The molecule has 0 saturated carbocycles. The highest BCUT2D eigenvalue weighted by molar-refractivity contribution is 8.06. The van der Waals surface area contributed by atoms with Crippen molar-refractivity contribution in [3.63, 3.8) is 0 Å². The summed E-state index contributed by atoms with van der Waals surface area (Å²) >= 11 is 0. The van der Waals surface area contributed by atoms with E-state index < -0.39 is 21.5 Å². The smallest absolute Gasteiger partial charge is 0.266 e. The second kappa shape index (κ2) is 4.72. The van der Waals surface area contributed by atoms with Crippen molar-refractivity contribution in [2.45, 2.75) is 25.8 Å². The van der Waals surface area contributed by atoms with E-state index in [1.807, 2.05) is 13.8 Å². The Balaban J connectivity index is 2.82. The van der Waals surface area contributed by atoms with Crippen LogP contribution in [0.15, 0.2) is 17.1 Å². The van der Waals surface area contributed by atoms with Gasteiger partial charge in [0.2, 0.25) is 15.0 Å². The largest absolute Gasteiger partial charge is 0.348 e. The number of halogens is 2. The van der Waals surface area contributed by atoms with Gasteiger partial charge in [-0.05, 0) is 26.3 Å². The predicted molar refractivity (Wildman–Crippen MR) is 62.8 cm³/mol. The molecule has 4 nitrogen and oxygen atoms in total. The Bertz CT molecular complexity index is 451. The number of rotatable bonds is 3. The fourth-order valence-corrected chi connectivity index (χ4v) is 3.29. The third kappa shape index (κ3) is 3.76. The summed E-state index contributed by atoms with van der Waals surface area (Å²) in [7, 11) is -1.94. The van der Waals surface area contributed by atoms with Gasteiger partial charge < -0.3 is 4.90 Å². The molecule has 0 aromatic rings. The fraction of sp³-hybridized carbons (Fsp3) is 0.700. The molecule has 0 aromatic carbocycles. The lowest BCUT2D eigenvalue weighted by molar-refractivity contribution is 0.418. The second-order valence-corrected chi connectivity index (χ2v) is 6.67. The van der Waals surface area contributed by atoms with Gasteiger partial charge >= 0.3 is 0 Å². The van der Waals surface area contributed by atoms with Crippen molar-refractivity contribution in [2.75, 3.05) is 19.3 Å². The summed E-state index contributed by atoms with van der Waals surface area (Å²) in [5.41, 5.74) is -0.446. The number of likely N-dealkylation sites (N-methyl/N-ethyl adjacent to an activating group) is 1. The molecule has 0 radical (unpaired) electrons. The van der Waals surface area contributed by atoms with Crippen LogP contribution in [0.5, 0.6) is 0 Å². The van der Waals surface area contributed by atoms with Crippen LogP contribution < -0.4 is 0 Å². The fourth-order valence-electron chi connectivity index (χ4n) is 1.75. The Morgan fingerprint density at radius 1 is 1.53 bits per heavy atom. The first-order valence-electron chi connectivity index (χ1n) is 5.19. The van der Waals surface area contributed by atoms with Crippen molar-refractivity contribution >= 4 is 15.0 Å². The van der Waals surface area contributed by atoms with E-state index in [-0.39, 0.29) is 17.3 Å². The van der Waals surface area contributed by atoms with E-state index in [4.69, 9.17) is 0 Å². The molecule has 0 amide bonds. The Kier molecular flexibility index (Phi) is 3.91. The highest BCUT2D eigenvalue weighted by Crippen LogP contribution is 2.21. The van der Waals surface area contributed by atoms with Crippen LogP contribution in [0.1, 0.15) is 20.3 Å². The normalized spacial score (nSPS) is 19.1. The summed E-state index contributed by atoms with van der Waals surface area (Å²) in [5, 5.41) is -0.00448. The molecular weight excluding hydrogens is 250 g/mol. The van der Waals surface area contributed by atoms with Crippen molar-refractivity contribution in [3.05, 3.63) is 12.2 Å². The van der Waals surface area contributed by atoms with Gasteiger partial charge in [-0.15, -0.1) is 0 Å². The molecule has 98 valence electrons. The minimum absolute atomic E-state index is 0.00448. The van der Waals surface area contributed by atoms with Crippen LogP contribution in [0.2, 0.25) is 0 Å². The molecule has 1 heterocycles. The van der Waals surface area contributed by atoms with Crippen molar-refractivity contribution in [3.8, 4) is 0 Å². The second-order valence-electron chi connectivity index (χ2n) is 4.66. The number of nitrogens with zero attached hydrogens (tertiary/aromatic N) is 2. The van der Waals surface area contributed by atoms with E-state index in [2.05, 4.69) is 4.99 Å². The summed E-state index contributed by atoms with van der Waals surface area (Å²) in [6.07, 6.45) is -1.45. The van der Waals surface area contributed by atoms with Gasteiger partial charge in [0, 0.05) is 13.6 Å². The lowest BCUT2D eigenvalue weighted by atomic mass is 10.1. The molecule has 7 heteroatoms. The first-order chi connectivity index (χ1) is 7.64. The van der Waals surface area contributed by atoms with E-state index >= 15 is 0 Å². The Morgan fingerprint density at radius 3 is 2.53 bits per heavy atom. The summed E-state index contributed by atoms with van der Waals surface area (Å²) in [4.78, 5) is 5.66. The summed E-state index contributed by atoms with van der Waals surface area (Å²) in [6, 6.07) is 0. The van der Waals surface area contributed by atoms with Gasteiger partial charge in [-0.3, -0.25) is 4.99 Å². The molecule has 1 rings (SSSR count). The molecule has 0 aromatic heterocycles. The quantitative estimate of drug-likeness (QED) is 0.780. The first kappa shape index (κ1) is 14.1. The van der Waals surface area contributed by atoms with Crippen molar-refractivity contribution in [1.82, 2.24) is 4.90 Å². The average molecular weight is 266 g/mol. The van der Waals surface area contributed by atoms with Gasteiger partial charge in [-0.25, -0.2) is 8.42 Å². The van der Waals surface area contributed by atoms with E-state index in [9.17, 15) is 17.2 Å². The third-order valence-corrected chi connectivity index (χ3v) is 4.04. The summed E-state index contributed by atoms with van der Waals surface area (Å²) in [5.74, 6) is -0.344. The molecule has 0 atom stereocenters. The maximum absolute atomic E-state index is 11.9. The average Bonchev–Trinajstić information content (AvgIpc) is 2.39. The standard InChI is InChI=1S/C10H16F2N2O2S/c1-10(2)7-14(3)9(13-10)17(15,16)6-4-5-8(11)12/h5H,4,6-7H2,1-3H3. The molecule has 0 unspecified atom stereocenters. The van der Waals surface area contributed by atoms with Crippen LogP contribution in [-0.4, -0.2) is 43.4 Å². The van der Waals surface area contributed by atoms with Crippen LogP contribution in [0.3, 0.4) is 0 Å². The lowest BCUT2D eigenvalue weighted by Gasteiger charge is -2.16. The van der Waals surface area contributed by atoms with Crippen LogP contribution in [0, 0.1) is 0 Å². The predicted octanol–water partition coefficient (Wildman–Crippen LogP) is 1.65. The summed E-state index contributed by atoms with van der Waals surface area (Å²) in [6.45, 7) is 4.16. The van der Waals surface area contributed by atoms with Crippen molar-refractivity contribution < 1.29 is 17.2 Å². The minimum atomic E-state index is -3.58. The SMILES string of the molecule is CN1CC(C)(C)N=C1S(=O)(=O)CCC=C(F)F. The molecule has 0 N–H and O–H groups in total. The van der Waals surface area contributed by atoms with Crippen LogP contribution in [0.25, 0.3) is 0 Å². The zero-order chi connectivity index (χ0) is 13.3. The van der Waals surface area contributed by atoms with E-state index in [1.165, 1.54) is 0 Å². The maximum atomic E-state index is 11.9. The van der Waals surface area contributed by atoms with Crippen molar-refractivity contribution in [1.29, 1.82) is 0 Å². The number of sulfone groups is 1. The molecule has 1 aliphatic rings. The number of hydrogen-bond donors (Lipinski definition) is 0. The number of aliphatic imine (C=N–C) groups is 1. The zero-order valence-electron chi connectivity index (χ0n) is 10.1. The Labute approximate surface area is 99.9 Å². The molecule has 17 heavy (non-hydrogen) atoms. The third-order valence-electron chi connectivity index (χ3n) is 2.31. The maximum Gasteiger partial charge on any atom is 0.266 e. The van der Waals surface area contributed by atoms with Crippen LogP contribution in [-0.2, 0) is 9.84 Å². The van der Waals surface area contributed by atoms with Crippen LogP contribution in [0.4, 0.5) is 8.78 Å². The van der Waals surface area contributed by atoms with E-state index in [1.54, 1.807) is 11.9 Å². The number of allylic oxidation sites excluding steroid dienone is 1. The molecule has 0 saturated heterocycles. The minimum Gasteiger partial charge on any atom is -0.348 e. The number of amidine groups is 1. The van der Waals surface area contributed by atoms with Gasteiger partial charge in [0.25, 0.3) is 6.08 Å². The highest BCUT2D eigenvalue weighted by atomic mass is 32.2. The molecular formula is C10H16F2N2O2S. The van der Waals surface area contributed by atoms with Gasteiger partial charge in [0.1, 0.15) is 0 Å². The van der Waals surface area contributed by atoms with E-state index in [0.717, 1.165) is 0 Å². The van der Waals surface area contributed by atoms with Gasteiger partial charge in [-0.1, -0.05) is 0 Å². The molecule has 0 aliphatic carbocycles. The van der Waals surface area contributed by atoms with Crippen molar-refractivity contribution in [2.24, 2.45) is 4.99 Å². The lowest BCUT2D eigenvalue weighted by Crippen LogP contribution is -2.33.